The molecule has 0 radical (unpaired) electrons. The summed E-state index contributed by atoms with van der Waals surface area (Å²) in [5, 5.41) is 0. The zero-order valence-corrected chi connectivity index (χ0v) is 15.3. The fourth-order valence-corrected chi connectivity index (χ4v) is 3.55. The van der Waals surface area contributed by atoms with E-state index in [4.69, 9.17) is 14.2 Å². The molecule has 0 N–H and O–H groups in total. The highest BCUT2D eigenvalue weighted by Gasteiger charge is 2.50. The molecule has 2 atom stereocenters. The summed E-state index contributed by atoms with van der Waals surface area (Å²) in [6.45, 7) is 8.19. The predicted octanol–water partition coefficient (Wildman–Crippen LogP) is 5.07. The highest BCUT2D eigenvalue weighted by molar-refractivity contribution is 5.42. The lowest BCUT2D eigenvalue weighted by atomic mass is 9.97. The maximum absolute atomic E-state index is 5.85. The minimum atomic E-state index is 0.160. The van der Waals surface area contributed by atoms with E-state index < -0.39 is 0 Å². The van der Waals surface area contributed by atoms with Crippen molar-refractivity contribution in [3.63, 3.8) is 0 Å². The lowest BCUT2D eigenvalue weighted by Gasteiger charge is -2.07. The number of hydrogen-bond acceptors (Lipinski definition) is 3. The zero-order chi connectivity index (χ0) is 17.0. The molecule has 1 aromatic rings. The molecule has 0 aliphatic carbocycles. The van der Waals surface area contributed by atoms with Crippen LogP contribution in [-0.2, 0) is 11.2 Å². The van der Waals surface area contributed by atoms with Crippen LogP contribution in [0.4, 0.5) is 0 Å². The Labute approximate surface area is 146 Å². The van der Waals surface area contributed by atoms with Gasteiger partial charge in [-0.15, -0.1) is 0 Å². The van der Waals surface area contributed by atoms with Gasteiger partial charge in [-0.3, -0.25) is 0 Å². The molecule has 0 spiro atoms. The normalized spacial score (nSPS) is 25.3. The van der Waals surface area contributed by atoms with Crippen LogP contribution in [0, 0.1) is 0 Å². The Morgan fingerprint density at radius 2 is 2.29 bits per heavy atom. The third kappa shape index (κ3) is 4.32. The molecule has 1 saturated heterocycles. The monoisotopic (exact) mass is 330 g/mol. The van der Waals surface area contributed by atoms with Gasteiger partial charge in [0.15, 0.2) is 0 Å². The number of epoxide rings is 1. The minimum Gasteiger partial charge on any atom is -0.493 e. The van der Waals surface area contributed by atoms with Crippen molar-refractivity contribution < 1.29 is 14.2 Å². The number of fused-ring (bicyclic) bond motifs is 1. The van der Waals surface area contributed by atoms with E-state index in [0.29, 0.717) is 12.7 Å². The summed E-state index contributed by atoms with van der Waals surface area (Å²) >= 11 is 0. The Kier molecular flexibility index (Phi) is 5.50. The molecular formula is C21H30O3. The van der Waals surface area contributed by atoms with Crippen molar-refractivity contribution in [1.82, 2.24) is 0 Å². The Morgan fingerprint density at radius 1 is 1.42 bits per heavy atom. The second-order valence-corrected chi connectivity index (χ2v) is 7.26. The Balaban J connectivity index is 1.34. The lowest BCUT2D eigenvalue weighted by molar-refractivity contribution is 0.292. The predicted molar refractivity (Wildman–Crippen MR) is 96.9 cm³/mol. The largest absolute Gasteiger partial charge is 0.493 e. The average molecular weight is 330 g/mol. The van der Waals surface area contributed by atoms with Crippen LogP contribution >= 0.6 is 0 Å². The van der Waals surface area contributed by atoms with Gasteiger partial charge in [-0.25, -0.2) is 0 Å². The first kappa shape index (κ1) is 17.3. The average Bonchev–Trinajstić information content (AvgIpc) is 2.99. The second-order valence-electron chi connectivity index (χ2n) is 7.26. The van der Waals surface area contributed by atoms with Crippen molar-refractivity contribution in [3.05, 3.63) is 35.4 Å². The number of rotatable bonds is 9. The molecule has 132 valence electrons. The van der Waals surface area contributed by atoms with Crippen LogP contribution in [0.2, 0.25) is 0 Å². The molecule has 2 aliphatic rings. The number of allylic oxidation sites excluding steroid dienone is 1. The van der Waals surface area contributed by atoms with Gasteiger partial charge in [-0.1, -0.05) is 31.1 Å². The van der Waals surface area contributed by atoms with E-state index in [1.165, 1.54) is 24.0 Å². The van der Waals surface area contributed by atoms with E-state index in [2.05, 4.69) is 32.9 Å². The summed E-state index contributed by atoms with van der Waals surface area (Å²) in [4.78, 5) is 0. The van der Waals surface area contributed by atoms with E-state index in [9.17, 15) is 0 Å². The van der Waals surface area contributed by atoms with Gasteiger partial charge < -0.3 is 14.2 Å². The van der Waals surface area contributed by atoms with Crippen LogP contribution in [-0.4, -0.2) is 24.9 Å². The van der Waals surface area contributed by atoms with Crippen molar-refractivity contribution in [2.75, 3.05) is 13.2 Å². The van der Waals surface area contributed by atoms with Gasteiger partial charge >= 0.3 is 0 Å². The van der Waals surface area contributed by atoms with Gasteiger partial charge in [0.1, 0.15) is 11.5 Å². The number of benzene rings is 1. The molecule has 3 nitrogen and oxygen atoms in total. The van der Waals surface area contributed by atoms with Crippen molar-refractivity contribution in [1.29, 1.82) is 0 Å². The quantitative estimate of drug-likeness (QED) is 0.360. The molecule has 2 aliphatic heterocycles. The van der Waals surface area contributed by atoms with E-state index in [1.54, 1.807) is 0 Å². The van der Waals surface area contributed by atoms with Crippen molar-refractivity contribution in [2.45, 2.75) is 71.0 Å². The van der Waals surface area contributed by atoms with E-state index in [-0.39, 0.29) is 5.60 Å². The molecular weight excluding hydrogens is 300 g/mol. The molecule has 0 saturated carbocycles. The van der Waals surface area contributed by atoms with E-state index in [1.807, 2.05) is 12.1 Å². The van der Waals surface area contributed by atoms with Gasteiger partial charge in [0, 0.05) is 12.5 Å². The second kappa shape index (κ2) is 7.60. The van der Waals surface area contributed by atoms with Crippen molar-refractivity contribution in [3.8, 4) is 11.5 Å². The van der Waals surface area contributed by atoms with Crippen LogP contribution in [0.5, 0.6) is 11.5 Å². The SMILES string of the molecule is CCCC1(C)OC1CCC(C)=CCCOc1ccc2c(c1)OCC2. The van der Waals surface area contributed by atoms with Crippen LogP contribution in [0.1, 0.15) is 58.4 Å². The summed E-state index contributed by atoms with van der Waals surface area (Å²) in [6, 6.07) is 6.17. The van der Waals surface area contributed by atoms with Gasteiger partial charge in [0.05, 0.1) is 24.9 Å². The number of hydrogen-bond donors (Lipinski definition) is 0. The van der Waals surface area contributed by atoms with Gasteiger partial charge in [0.2, 0.25) is 0 Å². The third-order valence-corrected chi connectivity index (χ3v) is 5.13. The minimum absolute atomic E-state index is 0.160. The van der Waals surface area contributed by atoms with Gasteiger partial charge in [-0.2, -0.15) is 0 Å². The maximum Gasteiger partial charge on any atom is 0.126 e. The first-order chi connectivity index (χ1) is 11.6. The summed E-state index contributed by atoms with van der Waals surface area (Å²) in [7, 11) is 0. The molecule has 1 fully saturated rings. The van der Waals surface area contributed by atoms with Crippen LogP contribution in [0.3, 0.4) is 0 Å². The maximum atomic E-state index is 5.85. The number of ether oxygens (including phenoxy) is 3. The molecule has 2 heterocycles. The van der Waals surface area contributed by atoms with Crippen LogP contribution in [0.25, 0.3) is 0 Å². The molecule has 0 bridgehead atoms. The Morgan fingerprint density at radius 3 is 3.12 bits per heavy atom. The van der Waals surface area contributed by atoms with Gasteiger partial charge in [-0.05, 0) is 51.2 Å². The van der Waals surface area contributed by atoms with Crippen LogP contribution in [0.15, 0.2) is 29.8 Å². The smallest absolute Gasteiger partial charge is 0.126 e. The molecule has 1 aromatic carbocycles. The first-order valence-corrected chi connectivity index (χ1v) is 9.33. The topological polar surface area (TPSA) is 31.0 Å². The summed E-state index contributed by atoms with van der Waals surface area (Å²) in [5.41, 5.74) is 2.88. The molecule has 0 amide bonds. The third-order valence-electron chi connectivity index (χ3n) is 5.13. The standard InChI is InChI=1S/C21H30O3/c1-4-12-21(3)20(24-21)10-7-16(2)6-5-13-22-18-9-8-17-11-14-23-19(17)15-18/h6,8-9,15,20H,4-5,7,10-14H2,1-3H3. The highest BCUT2D eigenvalue weighted by Crippen LogP contribution is 2.43. The van der Waals surface area contributed by atoms with Crippen molar-refractivity contribution in [2.24, 2.45) is 0 Å². The molecule has 2 unspecified atom stereocenters. The Bertz CT molecular complexity index is 593. The highest BCUT2D eigenvalue weighted by atomic mass is 16.6. The lowest BCUT2D eigenvalue weighted by Crippen LogP contribution is -2.09. The van der Waals surface area contributed by atoms with Crippen molar-refractivity contribution >= 4 is 0 Å². The molecule has 3 heteroatoms. The molecule has 0 aromatic heterocycles. The molecule has 24 heavy (non-hydrogen) atoms. The molecule has 3 rings (SSSR count). The zero-order valence-electron chi connectivity index (χ0n) is 15.3. The fourth-order valence-electron chi connectivity index (χ4n) is 3.55. The van der Waals surface area contributed by atoms with E-state index >= 15 is 0 Å². The fraction of sp³-hybridized carbons (Fsp3) is 0.619. The summed E-state index contributed by atoms with van der Waals surface area (Å²) in [6.07, 6.45) is 9.36. The van der Waals surface area contributed by atoms with Gasteiger partial charge in [0.25, 0.3) is 0 Å². The first-order valence-electron chi connectivity index (χ1n) is 9.33. The Hall–Kier alpha value is -1.48. The van der Waals surface area contributed by atoms with E-state index in [0.717, 1.165) is 43.8 Å². The summed E-state index contributed by atoms with van der Waals surface area (Å²) < 4.78 is 17.3. The van der Waals surface area contributed by atoms with Crippen LogP contribution < -0.4 is 9.47 Å². The summed E-state index contributed by atoms with van der Waals surface area (Å²) in [5.74, 6) is 1.89.